The molecule has 0 bridgehead atoms. The maximum absolute atomic E-state index is 13.7. The highest BCUT2D eigenvalue weighted by Gasteiger charge is 2.43. The maximum Gasteiger partial charge on any atom is 0.410 e. The number of aliphatic hydroxyl groups is 1. The lowest BCUT2D eigenvalue weighted by atomic mass is 9.87. The fraction of sp³-hybridized carbons (Fsp3) is 0.655. The van der Waals surface area contributed by atoms with Crippen molar-refractivity contribution in [2.75, 3.05) is 13.6 Å². The zero-order chi connectivity index (χ0) is 29.1. The number of amides is 4. The molecule has 216 valence electrons. The van der Waals surface area contributed by atoms with Crippen molar-refractivity contribution in [3.8, 4) is 0 Å². The summed E-state index contributed by atoms with van der Waals surface area (Å²) in [6.07, 6.45) is 1.36. The van der Waals surface area contributed by atoms with E-state index in [2.05, 4.69) is 16.7 Å². The highest BCUT2D eigenvalue weighted by molar-refractivity contribution is 5.94. The van der Waals surface area contributed by atoms with Crippen LogP contribution in [-0.4, -0.2) is 82.1 Å². The van der Waals surface area contributed by atoms with Gasteiger partial charge in [0.2, 0.25) is 17.7 Å². The van der Waals surface area contributed by atoms with Gasteiger partial charge in [0.05, 0.1) is 12.1 Å². The van der Waals surface area contributed by atoms with Crippen LogP contribution < -0.4 is 10.6 Å². The minimum absolute atomic E-state index is 0.00459. The van der Waals surface area contributed by atoms with Crippen LogP contribution in [-0.2, 0) is 25.5 Å². The summed E-state index contributed by atoms with van der Waals surface area (Å²) in [7, 11) is 1.46. The van der Waals surface area contributed by atoms with Gasteiger partial charge in [-0.3, -0.25) is 19.3 Å². The first-order valence-corrected chi connectivity index (χ1v) is 13.8. The number of likely N-dealkylation sites (tertiary alicyclic amines) is 1. The second-order valence-electron chi connectivity index (χ2n) is 12.0. The van der Waals surface area contributed by atoms with Gasteiger partial charge in [-0.1, -0.05) is 38.1 Å². The highest BCUT2D eigenvalue weighted by Crippen LogP contribution is 2.30. The number of rotatable bonds is 7. The molecule has 0 aromatic heterocycles. The fourth-order valence-electron chi connectivity index (χ4n) is 5.11. The number of carbonyl (C=O) groups excluding carboxylic acids is 4. The van der Waals surface area contributed by atoms with Crippen molar-refractivity contribution in [2.45, 2.75) is 103 Å². The number of nitrogens with zero attached hydrogens (tertiary/aromatic N) is 2. The van der Waals surface area contributed by atoms with E-state index in [4.69, 9.17) is 4.74 Å². The number of fused-ring (bicyclic) bond motifs is 1. The summed E-state index contributed by atoms with van der Waals surface area (Å²) in [5, 5.41) is 16.3. The normalized spacial score (nSPS) is 22.5. The number of ether oxygens (including phenoxy) is 1. The molecule has 39 heavy (non-hydrogen) atoms. The van der Waals surface area contributed by atoms with Crippen molar-refractivity contribution < 1.29 is 29.0 Å². The van der Waals surface area contributed by atoms with E-state index >= 15 is 0 Å². The van der Waals surface area contributed by atoms with E-state index in [0.29, 0.717) is 0 Å². The molecule has 4 amide bonds. The quantitative estimate of drug-likeness (QED) is 0.484. The van der Waals surface area contributed by atoms with Crippen LogP contribution in [0.1, 0.15) is 78.0 Å². The molecule has 0 radical (unpaired) electrons. The van der Waals surface area contributed by atoms with Crippen molar-refractivity contribution >= 4 is 23.8 Å². The number of likely N-dealkylation sites (N-methyl/N-ethyl adjacent to an activating group) is 1. The van der Waals surface area contributed by atoms with Crippen LogP contribution in [0.5, 0.6) is 0 Å². The molecule has 1 aliphatic heterocycles. The summed E-state index contributed by atoms with van der Waals surface area (Å²) < 4.78 is 5.35. The van der Waals surface area contributed by atoms with Crippen LogP contribution in [0.15, 0.2) is 24.3 Å². The first-order chi connectivity index (χ1) is 18.2. The Hall–Kier alpha value is -3.14. The van der Waals surface area contributed by atoms with Gasteiger partial charge in [-0.2, -0.15) is 0 Å². The third-order valence-electron chi connectivity index (χ3n) is 7.42. The topological polar surface area (TPSA) is 128 Å². The van der Waals surface area contributed by atoms with Crippen LogP contribution >= 0.6 is 0 Å². The van der Waals surface area contributed by atoms with Crippen molar-refractivity contribution in [3.63, 3.8) is 0 Å². The van der Waals surface area contributed by atoms with Gasteiger partial charge in [0, 0.05) is 20.0 Å². The fourth-order valence-corrected chi connectivity index (χ4v) is 5.11. The number of carbonyl (C=O) groups is 4. The standard InChI is InChI=1S/C29H44N4O6/c1-17(2)24(31-25(35)18(3)32(7)28(38)39-29(4,5)6)27(37)33-16-20(34)15-23(33)26(36)30-22-14-10-12-19-11-8-9-13-21(19)22/h8-9,11,13,17-18,20,22-24,34H,10,12,14-16H2,1-7H3,(H,30,36)(H,31,35). The molecule has 1 saturated heterocycles. The van der Waals surface area contributed by atoms with Crippen molar-refractivity contribution in [3.05, 3.63) is 35.4 Å². The lowest BCUT2D eigenvalue weighted by Gasteiger charge is -2.33. The first-order valence-electron chi connectivity index (χ1n) is 13.8. The van der Waals surface area contributed by atoms with Crippen LogP contribution in [0.4, 0.5) is 4.79 Å². The molecule has 0 spiro atoms. The van der Waals surface area contributed by atoms with Gasteiger partial charge >= 0.3 is 6.09 Å². The molecular formula is C29H44N4O6. The molecule has 5 unspecified atom stereocenters. The van der Waals surface area contributed by atoms with Gasteiger partial charge in [-0.05, 0) is 64.0 Å². The van der Waals surface area contributed by atoms with E-state index in [9.17, 15) is 24.3 Å². The average Bonchev–Trinajstić information content (AvgIpc) is 3.26. The minimum Gasteiger partial charge on any atom is -0.444 e. The minimum atomic E-state index is -0.942. The number of hydrogen-bond donors (Lipinski definition) is 3. The Morgan fingerprint density at radius 1 is 1.13 bits per heavy atom. The van der Waals surface area contributed by atoms with E-state index in [0.717, 1.165) is 24.8 Å². The SMILES string of the molecule is CC(C)C(NC(=O)C(C)N(C)C(=O)OC(C)(C)C)C(=O)N1CC(O)CC1C(=O)NC1CCCc2ccccc21. The Bertz CT molecular complexity index is 1070. The Morgan fingerprint density at radius 2 is 1.79 bits per heavy atom. The summed E-state index contributed by atoms with van der Waals surface area (Å²) in [5.74, 6) is -1.57. The van der Waals surface area contributed by atoms with E-state index in [1.807, 2.05) is 18.2 Å². The third kappa shape index (κ3) is 7.50. The lowest BCUT2D eigenvalue weighted by Crippen LogP contribution is -2.58. The predicted octanol–water partition coefficient (Wildman–Crippen LogP) is 2.54. The van der Waals surface area contributed by atoms with Gasteiger partial charge < -0.3 is 25.4 Å². The van der Waals surface area contributed by atoms with E-state index < -0.39 is 47.7 Å². The largest absolute Gasteiger partial charge is 0.444 e. The second-order valence-corrected chi connectivity index (χ2v) is 12.0. The molecule has 10 nitrogen and oxygen atoms in total. The number of β-amino-alcohol motifs (C(OH)–C–C–N with tert-alkyl or cyclic N) is 1. The molecule has 1 aromatic carbocycles. The van der Waals surface area contributed by atoms with Crippen molar-refractivity contribution in [1.29, 1.82) is 0 Å². The summed E-state index contributed by atoms with van der Waals surface area (Å²) in [6.45, 7) is 10.4. The van der Waals surface area contributed by atoms with Crippen LogP contribution in [0.2, 0.25) is 0 Å². The molecule has 1 heterocycles. The number of nitrogens with one attached hydrogen (secondary N) is 2. The van der Waals surface area contributed by atoms with E-state index in [1.54, 1.807) is 41.5 Å². The smallest absolute Gasteiger partial charge is 0.410 e. The Morgan fingerprint density at radius 3 is 2.44 bits per heavy atom. The Labute approximate surface area is 231 Å². The molecule has 5 atom stereocenters. The molecule has 2 aliphatic rings. The molecule has 1 fully saturated rings. The van der Waals surface area contributed by atoms with Crippen molar-refractivity contribution in [1.82, 2.24) is 20.4 Å². The maximum atomic E-state index is 13.7. The van der Waals surface area contributed by atoms with Gasteiger partial charge in [0.25, 0.3) is 0 Å². The van der Waals surface area contributed by atoms with Gasteiger partial charge in [-0.25, -0.2) is 4.79 Å². The lowest BCUT2D eigenvalue weighted by molar-refractivity contribution is -0.143. The van der Waals surface area contributed by atoms with Crippen molar-refractivity contribution in [2.24, 2.45) is 5.92 Å². The Kier molecular flexibility index (Phi) is 9.64. The van der Waals surface area contributed by atoms with Gasteiger partial charge in [0.1, 0.15) is 23.7 Å². The first kappa shape index (κ1) is 30.4. The van der Waals surface area contributed by atoms with E-state index in [1.165, 1.54) is 22.4 Å². The van der Waals surface area contributed by atoms with Gasteiger partial charge in [0.15, 0.2) is 0 Å². The monoisotopic (exact) mass is 544 g/mol. The highest BCUT2D eigenvalue weighted by atomic mass is 16.6. The van der Waals surface area contributed by atoms with Crippen LogP contribution in [0, 0.1) is 5.92 Å². The summed E-state index contributed by atoms with van der Waals surface area (Å²) in [6, 6.07) is 5.19. The summed E-state index contributed by atoms with van der Waals surface area (Å²) in [5.41, 5.74) is 1.58. The molecule has 1 aromatic rings. The number of benzene rings is 1. The molecule has 1 aliphatic carbocycles. The summed E-state index contributed by atoms with van der Waals surface area (Å²) >= 11 is 0. The third-order valence-corrected chi connectivity index (χ3v) is 7.42. The summed E-state index contributed by atoms with van der Waals surface area (Å²) in [4.78, 5) is 55.2. The molecule has 3 rings (SSSR count). The van der Waals surface area contributed by atoms with Gasteiger partial charge in [-0.15, -0.1) is 0 Å². The molecule has 3 N–H and O–H groups in total. The molecule has 0 saturated carbocycles. The number of hydrogen-bond acceptors (Lipinski definition) is 6. The van der Waals surface area contributed by atoms with E-state index in [-0.39, 0.29) is 30.8 Å². The number of aryl methyl sites for hydroxylation is 1. The second kappa shape index (κ2) is 12.4. The van der Waals surface area contributed by atoms with Crippen LogP contribution in [0.25, 0.3) is 0 Å². The molecule has 10 heteroatoms. The Balaban J connectivity index is 1.71. The van der Waals surface area contributed by atoms with Crippen LogP contribution in [0.3, 0.4) is 0 Å². The predicted molar refractivity (Wildman–Crippen MR) is 147 cm³/mol. The zero-order valence-electron chi connectivity index (χ0n) is 24.2. The zero-order valence-corrected chi connectivity index (χ0v) is 24.2. The average molecular weight is 545 g/mol. The molecular weight excluding hydrogens is 500 g/mol. The number of aliphatic hydroxyl groups excluding tert-OH is 1.